The Hall–Kier alpha value is -0.570. The van der Waals surface area contributed by atoms with Crippen molar-refractivity contribution in [2.24, 2.45) is 5.41 Å². The summed E-state index contributed by atoms with van der Waals surface area (Å²) in [4.78, 5) is 11.0. The van der Waals surface area contributed by atoms with E-state index in [9.17, 15) is 4.79 Å². The van der Waals surface area contributed by atoms with E-state index in [0.717, 1.165) is 13.0 Å². The highest BCUT2D eigenvalue weighted by atomic mass is 16.1. The van der Waals surface area contributed by atoms with Crippen molar-refractivity contribution in [3.8, 4) is 0 Å². The maximum atomic E-state index is 11.0. The fraction of sp³-hybridized carbons (Fsp3) is 0.923. The van der Waals surface area contributed by atoms with Crippen LogP contribution < -0.4 is 10.6 Å². The molecule has 0 aromatic carbocycles. The molecule has 92 valence electrons. The van der Waals surface area contributed by atoms with E-state index >= 15 is 0 Å². The van der Waals surface area contributed by atoms with E-state index in [4.69, 9.17) is 0 Å². The molecule has 1 atom stereocenters. The normalized spacial score (nSPS) is 31.1. The molecule has 3 heteroatoms. The van der Waals surface area contributed by atoms with Crippen LogP contribution >= 0.6 is 0 Å². The highest BCUT2D eigenvalue weighted by molar-refractivity contribution is 5.76. The average Bonchev–Trinajstić information content (AvgIpc) is 2.24. The van der Waals surface area contributed by atoms with Crippen molar-refractivity contribution in [1.82, 2.24) is 10.6 Å². The van der Waals surface area contributed by atoms with Gasteiger partial charge in [-0.1, -0.05) is 13.8 Å². The third kappa shape index (κ3) is 3.21. The van der Waals surface area contributed by atoms with Crippen LogP contribution in [-0.4, -0.2) is 24.5 Å². The molecule has 2 aliphatic rings. The molecule has 16 heavy (non-hydrogen) atoms. The number of piperidine rings is 1. The van der Waals surface area contributed by atoms with Crippen molar-refractivity contribution in [2.75, 3.05) is 6.54 Å². The van der Waals surface area contributed by atoms with Gasteiger partial charge in [0.05, 0.1) is 0 Å². The molecule has 0 spiro atoms. The molecule has 0 radical (unpaired) electrons. The lowest BCUT2D eigenvalue weighted by atomic mass is 9.75. The molecule has 1 aliphatic carbocycles. The zero-order chi connectivity index (χ0) is 11.6. The monoisotopic (exact) mass is 224 g/mol. The van der Waals surface area contributed by atoms with Gasteiger partial charge in [0, 0.05) is 25.0 Å². The first-order valence-corrected chi connectivity index (χ1v) is 6.58. The summed E-state index contributed by atoms with van der Waals surface area (Å²) < 4.78 is 0. The predicted molar refractivity (Wildman–Crippen MR) is 65.2 cm³/mol. The molecule has 2 N–H and O–H groups in total. The van der Waals surface area contributed by atoms with E-state index < -0.39 is 0 Å². The fourth-order valence-corrected chi connectivity index (χ4v) is 2.77. The molecule has 1 saturated heterocycles. The summed E-state index contributed by atoms with van der Waals surface area (Å²) in [5.74, 6) is 0.211. The van der Waals surface area contributed by atoms with Gasteiger partial charge in [0.15, 0.2) is 0 Å². The van der Waals surface area contributed by atoms with Crippen molar-refractivity contribution in [2.45, 2.75) is 64.5 Å². The standard InChI is InChI=1S/C13H24N2O/c1-13(2)7-5-10(6-8-13)15-11-3-4-12(16)14-9-11/h10-11,15H,3-9H2,1-2H3,(H,14,16). The van der Waals surface area contributed by atoms with Gasteiger partial charge in [0.2, 0.25) is 5.91 Å². The number of carbonyl (C=O) groups excluding carboxylic acids is 1. The maximum Gasteiger partial charge on any atom is 0.220 e. The van der Waals surface area contributed by atoms with Crippen molar-refractivity contribution in [3.63, 3.8) is 0 Å². The van der Waals surface area contributed by atoms with Crippen LogP contribution in [0.5, 0.6) is 0 Å². The minimum Gasteiger partial charge on any atom is -0.355 e. The van der Waals surface area contributed by atoms with Crippen molar-refractivity contribution in [1.29, 1.82) is 0 Å². The van der Waals surface area contributed by atoms with E-state index in [2.05, 4.69) is 24.5 Å². The molecule has 1 unspecified atom stereocenters. The minimum atomic E-state index is 0.211. The topological polar surface area (TPSA) is 41.1 Å². The molecule has 2 rings (SSSR count). The average molecular weight is 224 g/mol. The number of amides is 1. The lowest BCUT2D eigenvalue weighted by Crippen LogP contribution is -2.50. The summed E-state index contributed by atoms with van der Waals surface area (Å²) in [7, 11) is 0. The van der Waals surface area contributed by atoms with Crippen LogP contribution in [0.1, 0.15) is 52.4 Å². The van der Waals surface area contributed by atoms with Crippen LogP contribution in [0, 0.1) is 5.41 Å². The second kappa shape index (κ2) is 4.74. The van der Waals surface area contributed by atoms with E-state index in [1.807, 2.05) is 0 Å². The molecule has 3 nitrogen and oxygen atoms in total. The minimum absolute atomic E-state index is 0.211. The van der Waals surface area contributed by atoms with Gasteiger partial charge in [-0.3, -0.25) is 4.79 Å². The van der Waals surface area contributed by atoms with Gasteiger partial charge in [0.1, 0.15) is 0 Å². The van der Waals surface area contributed by atoms with Gasteiger partial charge in [-0.2, -0.15) is 0 Å². The van der Waals surface area contributed by atoms with Gasteiger partial charge < -0.3 is 10.6 Å². The highest BCUT2D eigenvalue weighted by Crippen LogP contribution is 2.35. The number of hydrogen-bond acceptors (Lipinski definition) is 2. The third-order valence-electron chi connectivity index (χ3n) is 4.08. The van der Waals surface area contributed by atoms with E-state index in [-0.39, 0.29) is 5.91 Å². The van der Waals surface area contributed by atoms with Gasteiger partial charge >= 0.3 is 0 Å². The summed E-state index contributed by atoms with van der Waals surface area (Å²) in [5, 5.41) is 6.64. The van der Waals surface area contributed by atoms with Gasteiger partial charge in [-0.05, 0) is 37.5 Å². The molecule has 0 bridgehead atoms. The first-order chi connectivity index (χ1) is 7.55. The fourth-order valence-electron chi connectivity index (χ4n) is 2.77. The summed E-state index contributed by atoms with van der Waals surface area (Å²) in [5.41, 5.74) is 0.541. The zero-order valence-electron chi connectivity index (χ0n) is 10.5. The molecule has 1 amide bonds. The van der Waals surface area contributed by atoms with E-state index in [1.54, 1.807) is 0 Å². The van der Waals surface area contributed by atoms with Crippen LogP contribution in [0.4, 0.5) is 0 Å². The largest absolute Gasteiger partial charge is 0.355 e. The summed E-state index contributed by atoms with van der Waals surface area (Å²) in [6.07, 6.45) is 6.92. The number of carbonyl (C=O) groups is 1. The Morgan fingerprint density at radius 2 is 1.88 bits per heavy atom. The highest BCUT2D eigenvalue weighted by Gasteiger charge is 2.28. The Morgan fingerprint density at radius 3 is 2.44 bits per heavy atom. The first-order valence-electron chi connectivity index (χ1n) is 6.58. The predicted octanol–water partition coefficient (Wildman–Crippen LogP) is 1.82. The Balaban J connectivity index is 1.72. The molecular formula is C13H24N2O. The molecule has 1 heterocycles. The van der Waals surface area contributed by atoms with Crippen LogP contribution in [-0.2, 0) is 4.79 Å². The smallest absolute Gasteiger partial charge is 0.220 e. The Morgan fingerprint density at radius 1 is 1.19 bits per heavy atom. The van der Waals surface area contributed by atoms with Crippen LogP contribution in [0.3, 0.4) is 0 Å². The quantitative estimate of drug-likeness (QED) is 0.751. The van der Waals surface area contributed by atoms with Crippen molar-refractivity contribution < 1.29 is 4.79 Å². The molecule has 0 aromatic heterocycles. The molecule has 1 aliphatic heterocycles. The number of nitrogens with one attached hydrogen (secondary N) is 2. The van der Waals surface area contributed by atoms with Crippen LogP contribution in [0.25, 0.3) is 0 Å². The van der Waals surface area contributed by atoms with Crippen LogP contribution in [0.15, 0.2) is 0 Å². The number of hydrogen-bond donors (Lipinski definition) is 2. The lowest BCUT2D eigenvalue weighted by molar-refractivity contribution is -0.122. The molecular weight excluding hydrogens is 200 g/mol. The summed E-state index contributed by atoms with van der Waals surface area (Å²) in [6.45, 7) is 5.55. The first kappa shape index (κ1) is 11.9. The maximum absolute atomic E-state index is 11.0. The van der Waals surface area contributed by atoms with Crippen LogP contribution in [0.2, 0.25) is 0 Å². The van der Waals surface area contributed by atoms with Gasteiger partial charge in [0.25, 0.3) is 0 Å². The van der Waals surface area contributed by atoms with Gasteiger partial charge in [-0.15, -0.1) is 0 Å². The van der Waals surface area contributed by atoms with E-state index in [0.29, 0.717) is 23.9 Å². The summed E-state index contributed by atoms with van der Waals surface area (Å²) in [6, 6.07) is 1.18. The number of rotatable bonds is 2. The van der Waals surface area contributed by atoms with E-state index in [1.165, 1.54) is 25.7 Å². The molecule has 1 saturated carbocycles. The Kier molecular flexibility index (Phi) is 3.53. The Labute approximate surface area is 98.4 Å². The third-order valence-corrected chi connectivity index (χ3v) is 4.08. The molecule has 2 fully saturated rings. The Bertz CT molecular complexity index is 243. The second-order valence-electron chi connectivity index (χ2n) is 6.14. The van der Waals surface area contributed by atoms with Gasteiger partial charge in [-0.25, -0.2) is 0 Å². The van der Waals surface area contributed by atoms with Crippen molar-refractivity contribution >= 4 is 5.91 Å². The van der Waals surface area contributed by atoms with Crippen molar-refractivity contribution in [3.05, 3.63) is 0 Å². The SMILES string of the molecule is CC1(C)CCC(NC2CCC(=O)NC2)CC1. The zero-order valence-corrected chi connectivity index (χ0v) is 10.5. The molecule has 0 aromatic rings. The summed E-state index contributed by atoms with van der Waals surface area (Å²) >= 11 is 0. The second-order valence-corrected chi connectivity index (χ2v) is 6.14. The lowest BCUT2D eigenvalue weighted by Gasteiger charge is -2.37.